The maximum absolute atomic E-state index is 12.6. The number of nitrogens with zero attached hydrogens (tertiary/aromatic N) is 2. The molecule has 18 heavy (non-hydrogen) atoms. The van der Waals surface area contributed by atoms with E-state index in [9.17, 15) is 9.18 Å². The minimum atomic E-state index is -1.19. The van der Waals surface area contributed by atoms with E-state index in [1.807, 2.05) is 0 Å². The van der Waals surface area contributed by atoms with E-state index in [-0.39, 0.29) is 11.6 Å². The van der Waals surface area contributed by atoms with Gasteiger partial charge in [0, 0.05) is 18.0 Å². The topological polar surface area (TPSA) is 63.1 Å². The van der Waals surface area contributed by atoms with E-state index in [4.69, 9.17) is 5.11 Å². The van der Waals surface area contributed by atoms with Gasteiger partial charge in [-0.05, 0) is 24.3 Å². The summed E-state index contributed by atoms with van der Waals surface area (Å²) in [7, 11) is 0. The van der Waals surface area contributed by atoms with Gasteiger partial charge >= 0.3 is 5.97 Å². The van der Waals surface area contributed by atoms with E-state index in [0.717, 1.165) is 0 Å². The molecule has 1 aromatic carbocycles. The van der Waals surface area contributed by atoms with Crippen molar-refractivity contribution in [1.29, 1.82) is 0 Å². The molecule has 0 saturated heterocycles. The molecule has 0 saturated carbocycles. The Balaban J connectivity index is 2.19. The second kappa shape index (κ2) is 5.06. The van der Waals surface area contributed by atoms with E-state index in [1.165, 1.54) is 24.5 Å². The monoisotopic (exact) mass is 242 g/mol. The van der Waals surface area contributed by atoms with Gasteiger partial charge in [-0.15, -0.1) is 0 Å². The summed E-state index contributed by atoms with van der Waals surface area (Å²) in [6.45, 7) is 0. The maximum atomic E-state index is 12.6. The zero-order chi connectivity index (χ0) is 13.0. The van der Waals surface area contributed by atoms with Gasteiger partial charge in [0.1, 0.15) is 5.82 Å². The lowest BCUT2D eigenvalue weighted by molar-refractivity contribution is 0.0683. The van der Waals surface area contributed by atoms with Crippen molar-refractivity contribution in [1.82, 2.24) is 9.97 Å². The quantitative estimate of drug-likeness (QED) is 0.773. The number of carboxylic acids is 1. The number of halogens is 1. The van der Waals surface area contributed by atoms with Crippen LogP contribution in [-0.2, 0) is 0 Å². The molecule has 0 unspecified atom stereocenters. The van der Waals surface area contributed by atoms with Crippen LogP contribution in [0.3, 0.4) is 0 Å². The molecule has 0 atom stereocenters. The third-order valence-electron chi connectivity index (χ3n) is 2.04. The molecule has 2 rings (SSSR count). The lowest BCUT2D eigenvalue weighted by Crippen LogP contribution is -2.03. The minimum Gasteiger partial charge on any atom is -0.475 e. The average Bonchev–Trinajstić information content (AvgIpc) is 2.38. The molecule has 0 amide bonds. The Labute approximate surface area is 102 Å². The highest BCUT2D eigenvalue weighted by atomic mass is 19.1. The van der Waals surface area contributed by atoms with Crippen LogP contribution < -0.4 is 0 Å². The van der Waals surface area contributed by atoms with Crippen LogP contribution in [0.1, 0.15) is 21.7 Å². The summed E-state index contributed by atoms with van der Waals surface area (Å²) in [6, 6.07) is 5.73. The molecule has 0 fully saturated rings. The first-order valence-corrected chi connectivity index (χ1v) is 4.98. The predicted molar refractivity (Wildman–Crippen MR) is 61.4 cm³/mol. The molecular formula is C13H7FN2O2. The Morgan fingerprint density at radius 1 is 1.06 bits per heavy atom. The van der Waals surface area contributed by atoms with Crippen molar-refractivity contribution in [2.75, 3.05) is 0 Å². The van der Waals surface area contributed by atoms with Gasteiger partial charge in [-0.2, -0.15) is 0 Å². The van der Waals surface area contributed by atoms with Gasteiger partial charge in [-0.1, -0.05) is 11.8 Å². The fourth-order valence-corrected chi connectivity index (χ4v) is 1.18. The molecule has 1 aromatic heterocycles. The van der Waals surface area contributed by atoms with Gasteiger partial charge in [0.15, 0.2) is 0 Å². The number of rotatable bonds is 1. The molecule has 1 heterocycles. The molecule has 0 bridgehead atoms. The highest BCUT2D eigenvalue weighted by molar-refractivity contribution is 5.82. The largest absolute Gasteiger partial charge is 0.475 e. The Bertz CT molecular complexity index is 625. The average molecular weight is 242 g/mol. The summed E-state index contributed by atoms with van der Waals surface area (Å²) in [5.74, 6) is 3.76. The number of hydrogen-bond acceptors (Lipinski definition) is 3. The third-order valence-corrected chi connectivity index (χ3v) is 2.04. The zero-order valence-corrected chi connectivity index (χ0v) is 9.09. The fraction of sp³-hybridized carbons (Fsp3) is 0. The van der Waals surface area contributed by atoms with Crippen LogP contribution in [0.2, 0.25) is 0 Å². The molecule has 0 aliphatic heterocycles. The molecule has 0 spiro atoms. The second-order valence-corrected chi connectivity index (χ2v) is 3.36. The Morgan fingerprint density at radius 3 is 2.17 bits per heavy atom. The van der Waals surface area contributed by atoms with Gasteiger partial charge in [0.2, 0.25) is 5.82 Å². The van der Waals surface area contributed by atoms with E-state index < -0.39 is 5.97 Å². The SMILES string of the molecule is O=C(O)c1ncc(C#Cc2ccc(F)cc2)cn1. The van der Waals surface area contributed by atoms with Gasteiger partial charge in [0.25, 0.3) is 0 Å². The summed E-state index contributed by atoms with van der Waals surface area (Å²) < 4.78 is 12.6. The first kappa shape index (κ1) is 11.7. The first-order chi connectivity index (χ1) is 8.65. The van der Waals surface area contributed by atoms with Crippen LogP contribution in [0.15, 0.2) is 36.7 Å². The van der Waals surface area contributed by atoms with Crippen molar-refractivity contribution in [2.24, 2.45) is 0 Å². The van der Waals surface area contributed by atoms with Crippen LogP contribution in [-0.4, -0.2) is 21.0 Å². The summed E-state index contributed by atoms with van der Waals surface area (Å²) in [5.41, 5.74) is 1.14. The zero-order valence-electron chi connectivity index (χ0n) is 9.09. The lowest BCUT2D eigenvalue weighted by Gasteiger charge is -1.92. The van der Waals surface area contributed by atoms with Gasteiger partial charge in [-0.3, -0.25) is 0 Å². The molecule has 88 valence electrons. The highest BCUT2D eigenvalue weighted by Crippen LogP contribution is 2.01. The summed E-state index contributed by atoms with van der Waals surface area (Å²) in [4.78, 5) is 17.8. The van der Waals surface area contributed by atoms with Gasteiger partial charge in [-0.25, -0.2) is 19.2 Å². The number of aromatic carboxylic acids is 1. The Morgan fingerprint density at radius 2 is 1.61 bits per heavy atom. The molecule has 0 aliphatic carbocycles. The van der Waals surface area contributed by atoms with E-state index in [0.29, 0.717) is 11.1 Å². The van der Waals surface area contributed by atoms with Crippen LogP contribution in [0, 0.1) is 17.7 Å². The Kier molecular flexibility index (Phi) is 3.30. The third kappa shape index (κ3) is 2.89. The van der Waals surface area contributed by atoms with E-state index >= 15 is 0 Å². The molecule has 4 nitrogen and oxygen atoms in total. The second-order valence-electron chi connectivity index (χ2n) is 3.36. The van der Waals surface area contributed by atoms with Gasteiger partial charge < -0.3 is 5.11 Å². The van der Waals surface area contributed by atoms with E-state index in [2.05, 4.69) is 21.8 Å². The molecular weight excluding hydrogens is 235 g/mol. The predicted octanol–water partition coefficient (Wildman–Crippen LogP) is 1.71. The summed E-state index contributed by atoms with van der Waals surface area (Å²) in [6.07, 6.45) is 2.65. The Hall–Kier alpha value is -2.74. The lowest BCUT2D eigenvalue weighted by atomic mass is 10.2. The smallest absolute Gasteiger partial charge is 0.373 e. The van der Waals surface area contributed by atoms with Crippen molar-refractivity contribution in [2.45, 2.75) is 0 Å². The van der Waals surface area contributed by atoms with Crippen LogP contribution in [0.4, 0.5) is 4.39 Å². The fourth-order valence-electron chi connectivity index (χ4n) is 1.18. The maximum Gasteiger partial charge on any atom is 0.373 e. The standard InChI is InChI=1S/C13H7FN2O2/c14-11-5-3-9(4-6-11)1-2-10-7-15-12(13(17)18)16-8-10/h3-8H,(H,17,18). The number of benzene rings is 1. The van der Waals surface area contributed by atoms with Crippen molar-refractivity contribution in [3.05, 3.63) is 59.4 Å². The van der Waals surface area contributed by atoms with Crippen molar-refractivity contribution < 1.29 is 14.3 Å². The normalized spacial score (nSPS) is 9.39. The van der Waals surface area contributed by atoms with Crippen molar-refractivity contribution in [3.63, 3.8) is 0 Å². The first-order valence-electron chi connectivity index (χ1n) is 4.98. The van der Waals surface area contributed by atoms with Crippen LogP contribution >= 0.6 is 0 Å². The van der Waals surface area contributed by atoms with Gasteiger partial charge in [0.05, 0.1) is 5.56 Å². The molecule has 2 aromatic rings. The number of carboxylic acid groups (broad SMARTS) is 1. The minimum absolute atomic E-state index is 0.276. The molecule has 5 heteroatoms. The van der Waals surface area contributed by atoms with Crippen LogP contribution in [0.25, 0.3) is 0 Å². The molecule has 0 radical (unpaired) electrons. The van der Waals surface area contributed by atoms with Crippen molar-refractivity contribution in [3.8, 4) is 11.8 Å². The number of hydrogen-bond donors (Lipinski definition) is 1. The number of aromatic nitrogens is 2. The van der Waals surface area contributed by atoms with Crippen molar-refractivity contribution >= 4 is 5.97 Å². The van der Waals surface area contributed by atoms with E-state index in [1.54, 1.807) is 12.1 Å². The highest BCUT2D eigenvalue weighted by Gasteiger charge is 2.04. The molecule has 1 N–H and O–H groups in total. The summed E-state index contributed by atoms with van der Waals surface area (Å²) >= 11 is 0. The molecule has 0 aliphatic rings. The summed E-state index contributed by atoms with van der Waals surface area (Å²) in [5, 5.41) is 8.61. The van der Waals surface area contributed by atoms with Crippen LogP contribution in [0.5, 0.6) is 0 Å². The number of carbonyl (C=O) groups is 1.